The van der Waals surface area contributed by atoms with E-state index in [-0.39, 0.29) is 18.5 Å². The Morgan fingerprint density at radius 1 is 1.50 bits per heavy atom. The van der Waals surface area contributed by atoms with Gasteiger partial charge in [-0.2, -0.15) is 0 Å². The fraction of sp³-hybridized carbons (Fsp3) is 0.583. The van der Waals surface area contributed by atoms with E-state index in [0.29, 0.717) is 12.5 Å². The fourth-order valence-corrected chi connectivity index (χ4v) is 1.55. The first kappa shape index (κ1) is 14.4. The van der Waals surface area contributed by atoms with Crippen LogP contribution in [-0.2, 0) is 11.3 Å². The molecular formula is C12H21N5O. The molecule has 0 saturated carbocycles. The number of amides is 1. The van der Waals surface area contributed by atoms with Gasteiger partial charge in [-0.05, 0) is 26.8 Å². The number of nitrogens with zero attached hydrogens (tertiary/aromatic N) is 3. The molecule has 3 N–H and O–H groups in total. The summed E-state index contributed by atoms with van der Waals surface area (Å²) >= 11 is 0. The van der Waals surface area contributed by atoms with E-state index in [4.69, 9.17) is 5.73 Å². The number of nitrogens with two attached hydrogens (primary N) is 1. The molecule has 1 aromatic rings. The van der Waals surface area contributed by atoms with Crippen molar-refractivity contribution in [3.05, 3.63) is 17.5 Å². The van der Waals surface area contributed by atoms with E-state index in [1.165, 1.54) is 0 Å². The molecule has 0 aliphatic rings. The maximum absolute atomic E-state index is 11.6. The zero-order valence-corrected chi connectivity index (χ0v) is 11.4. The summed E-state index contributed by atoms with van der Waals surface area (Å²) in [4.78, 5) is 21.9. The highest BCUT2D eigenvalue weighted by molar-refractivity contribution is 5.80. The quantitative estimate of drug-likeness (QED) is 0.781. The number of hydrogen-bond donors (Lipinski definition) is 2. The first-order chi connectivity index (χ1) is 8.42. The van der Waals surface area contributed by atoms with E-state index in [0.717, 1.165) is 11.4 Å². The van der Waals surface area contributed by atoms with Crippen molar-refractivity contribution in [2.45, 2.75) is 33.4 Å². The summed E-state index contributed by atoms with van der Waals surface area (Å²) in [7, 11) is 1.79. The number of nitrogens with one attached hydrogen (secondary N) is 1. The van der Waals surface area contributed by atoms with Gasteiger partial charge in [0.2, 0.25) is 11.9 Å². The van der Waals surface area contributed by atoms with Gasteiger partial charge in [-0.3, -0.25) is 4.79 Å². The second-order valence-electron chi connectivity index (χ2n) is 4.58. The Morgan fingerprint density at radius 2 is 2.17 bits per heavy atom. The second-order valence-corrected chi connectivity index (χ2v) is 4.58. The van der Waals surface area contributed by atoms with Crippen LogP contribution in [0, 0.1) is 6.92 Å². The van der Waals surface area contributed by atoms with Gasteiger partial charge in [-0.25, -0.2) is 9.97 Å². The third-order valence-electron chi connectivity index (χ3n) is 2.28. The standard InChI is InChI=1S/C12H21N5O/c1-8(2)14-11(18)7-17(4)12-15-9(3)5-10(6-13)16-12/h5,8H,6-7,13H2,1-4H3,(H,14,18). The molecule has 1 rings (SSSR count). The molecule has 0 aliphatic carbocycles. The first-order valence-electron chi connectivity index (χ1n) is 5.97. The summed E-state index contributed by atoms with van der Waals surface area (Å²) in [6, 6.07) is 1.97. The summed E-state index contributed by atoms with van der Waals surface area (Å²) in [6.07, 6.45) is 0. The Balaban J connectivity index is 2.74. The topological polar surface area (TPSA) is 84.1 Å². The molecule has 0 aromatic carbocycles. The first-order valence-corrected chi connectivity index (χ1v) is 5.97. The molecule has 0 aliphatic heterocycles. The van der Waals surface area contributed by atoms with E-state index >= 15 is 0 Å². The molecule has 0 bridgehead atoms. The largest absolute Gasteiger partial charge is 0.352 e. The van der Waals surface area contributed by atoms with Crippen LogP contribution < -0.4 is 16.0 Å². The van der Waals surface area contributed by atoms with Gasteiger partial charge < -0.3 is 16.0 Å². The van der Waals surface area contributed by atoms with Gasteiger partial charge in [0.05, 0.1) is 12.2 Å². The van der Waals surface area contributed by atoms with Crippen molar-refractivity contribution in [1.29, 1.82) is 0 Å². The zero-order valence-electron chi connectivity index (χ0n) is 11.4. The average molecular weight is 251 g/mol. The molecule has 1 heterocycles. The lowest BCUT2D eigenvalue weighted by Crippen LogP contribution is -2.39. The fourth-order valence-electron chi connectivity index (χ4n) is 1.55. The molecule has 0 spiro atoms. The van der Waals surface area contributed by atoms with Crippen molar-refractivity contribution in [2.24, 2.45) is 5.73 Å². The smallest absolute Gasteiger partial charge is 0.239 e. The summed E-state index contributed by atoms with van der Waals surface area (Å²) in [5, 5.41) is 2.83. The molecule has 0 atom stereocenters. The van der Waals surface area contributed by atoms with Crippen LogP contribution in [0.5, 0.6) is 0 Å². The van der Waals surface area contributed by atoms with Crippen LogP contribution in [0.3, 0.4) is 0 Å². The molecule has 18 heavy (non-hydrogen) atoms. The van der Waals surface area contributed by atoms with Crippen LogP contribution in [0.4, 0.5) is 5.95 Å². The Labute approximate surface area is 108 Å². The van der Waals surface area contributed by atoms with Crippen molar-refractivity contribution in [3.8, 4) is 0 Å². The maximum Gasteiger partial charge on any atom is 0.239 e. The van der Waals surface area contributed by atoms with Gasteiger partial charge in [0, 0.05) is 25.3 Å². The maximum atomic E-state index is 11.6. The number of aryl methyl sites for hydroxylation is 1. The molecule has 100 valence electrons. The van der Waals surface area contributed by atoms with Crippen molar-refractivity contribution in [2.75, 3.05) is 18.5 Å². The van der Waals surface area contributed by atoms with Crippen LogP contribution in [0.25, 0.3) is 0 Å². The van der Waals surface area contributed by atoms with E-state index in [9.17, 15) is 4.79 Å². The van der Waals surface area contributed by atoms with Gasteiger partial charge >= 0.3 is 0 Å². The molecule has 0 radical (unpaired) electrons. The van der Waals surface area contributed by atoms with Crippen molar-refractivity contribution < 1.29 is 4.79 Å². The number of likely N-dealkylation sites (N-methyl/N-ethyl adjacent to an activating group) is 1. The third-order valence-corrected chi connectivity index (χ3v) is 2.28. The third kappa shape index (κ3) is 4.29. The Bertz CT molecular complexity index is 419. The van der Waals surface area contributed by atoms with Crippen LogP contribution in [0.15, 0.2) is 6.07 Å². The molecule has 6 heteroatoms. The lowest BCUT2D eigenvalue weighted by Gasteiger charge is -2.18. The number of anilines is 1. The Morgan fingerprint density at radius 3 is 2.72 bits per heavy atom. The van der Waals surface area contributed by atoms with Gasteiger partial charge in [0.25, 0.3) is 0 Å². The van der Waals surface area contributed by atoms with E-state index in [1.54, 1.807) is 11.9 Å². The lowest BCUT2D eigenvalue weighted by atomic mass is 10.3. The molecule has 0 saturated heterocycles. The summed E-state index contributed by atoms with van der Waals surface area (Å²) in [6.45, 7) is 6.32. The number of carbonyl (C=O) groups excluding carboxylic acids is 1. The highest BCUT2D eigenvalue weighted by Crippen LogP contribution is 2.08. The number of aromatic nitrogens is 2. The Hall–Kier alpha value is -1.69. The predicted molar refractivity (Wildman–Crippen MR) is 71.2 cm³/mol. The van der Waals surface area contributed by atoms with Crippen LogP contribution >= 0.6 is 0 Å². The molecule has 1 aromatic heterocycles. The van der Waals surface area contributed by atoms with Gasteiger partial charge in [0.15, 0.2) is 0 Å². The summed E-state index contributed by atoms with van der Waals surface area (Å²) in [5.41, 5.74) is 7.18. The predicted octanol–water partition coefficient (Wildman–Crippen LogP) is 0.205. The van der Waals surface area contributed by atoms with Gasteiger partial charge in [0.1, 0.15) is 0 Å². The minimum absolute atomic E-state index is 0.0492. The van der Waals surface area contributed by atoms with Crippen molar-refractivity contribution in [3.63, 3.8) is 0 Å². The average Bonchev–Trinajstić information content (AvgIpc) is 2.26. The van der Waals surface area contributed by atoms with Crippen LogP contribution in [0.1, 0.15) is 25.2 Å². The van der Waals surface area contributed by atoms with E-state index in [1.807, 2.05) is 26.8 Å². The van der Waals surface area contributed by atoms with Crippen LogP contribution in [-0.4, -0.2) is 35.5 Å². The van der Waals surface area contributed by atoms with Crippen LogP contribution in [0.2, 0.25) is 0 Å². The minimum atomic E-state index is -0.0492. The monoisotopic (exact) mass is 251 g/mol. The van der Waals surface area contributed by atoms with E-state index in [2.05, 4.69) is 15.3 Å². The number of rotatable bonds is 5. The van der Waals surface area contributed by atoms with Crippen molar-refractivity contribution in [1.82, 2.24) is 15.3 Å². The normalized spacial score (nSPS) is 10.6. The molecule has 6 nitrogen and oxygen atoms in total. The number of carbonyl (C=O) groups is 1. The molecule has 0 unspecified atom stereocenters. The van der Waals surface area contributed by atoms with Gasteiger partial charge in [-0.1, -0.05) is 0 Å². The molecule has 0 fully saturated rings. The van der Waals surface area contributed by atoms with Crippen molar-refractivity contribution >= 4 is 11.9 Å². The minimum Gasteiger partial charge on any atom is -0.352 e. The Kier molecular flexibility index (Phi) is 5.03. The molecular weight excluding hydrogens is 230 g/mol. The lowest BCUT2D eigenvalue weighted by molar-refractivity contribution is -0.120. The number of hydrogen-bond acceptors (Lipinski definition) is 5. The summed E-state index contributed by atoms with van der Waals surface area (Å²) < 4.78 is 0. The SMILES string of the molecule is Cc1cc(CN)nc(N(C)CC(=O)NC(C)C)n1. The second kappa shape index (κ2) is 6.30. The summed E-state index contributed by atoms with van der Waals surface area (Å²) in [5.74, 6) is 0.473. The van der Waals surface area contributed by atoms with Gasteiger partial charge in [-0.15, -0.1) is 0 Å². The zero-order chi connectivity index (χ0) is 13.7. The highest BCUT2D eigenvalue weighted by atomic mass is 16.2. The highest BCUT2D eigenvalue weighted by Gasteiger charge is 2.11. The molecule has 1 amide bonds. The van der Waals surface area contributed by atoms with E-state index < -0.39 is 0 Å².